The van der Waals surface area contributed by atoms with E-state index in [9.17, 15) is 0 Å². The van der Waals surface area contributed by atoms with Crippen molar-refractivity contribution in [2.24, 2.45) is 4.99 Å². The Morgan fingerprint density at radius 2 is 1.83 bits per heavy atom. The number of oxazole rings is 1. The molecule has 0 aliphatic carbocycles. The van der Waals surface area contributed by atoms with E-state index in [2.05, 4.69) is 74.0 Å². The third-order valence-electron chi connectivity index (χ3n) is 3.91. The maximum absolute atomic E-state index is 5.78. The van der Waals surface area contributed by atoms with Gasteiger partial charge in [0.05, 0.1) is 12.7 Å². The summed E-state index contributed by atoms with van der Waals surface area (Å²) in [4.78, 5) is 11.0. The topological polar surface area (TPSA) is 65.7 Å². The number of aliphatic imine (C=N–C) groups is 1. The average molecular weight is 338 g/mol. The second-order valence-corrected chi connectivity index (χ2v) is 7.65. The quantitative estimate of drug-likeness (QED) is 0.591. The summed E-state index contributed by atoms with van der Waals surface area (Å²) in [5.41, 5.74) is -0.0255. The SMILES string of the molecule is CN=C(NCCN(C(C)C)C(C)C)NCc1ncc(C(C)(C)C)o1. The predicted molar refractivity (Wildman–Crippen MR) is 100 cm³/mol. The van der Waals surface area contributed by atoms with Gasteiger partial charge in [0.1, 0.15) is 5.76 Å². The second kappa shape index (κ2) is 9.06. The highest BCUT2D eigenvalue weighted by Gasteiger charge is 2.19. The maximum atomic E-state index is 5.78. The molecular weight excluding hydrogens is 302 g/mol. The molecule has 24 heavy (non-hydrogen) atoms. The van der Waals surface area contributed by atoms with E-state index in [1.807, 2.05) is 0 Å². The van der Waals surface area contributed by atoms with Crippen molar-refractivity contribution in [3.8, 4) is 0 Å². The van der Waals surface area contributed by atoms with Gasteiger partial charge >= 0.3 is 0 Å². The summed E-state index contributed by atoms with van der Waals surface area (Å²) in [6.45, 7) is 17.6. The predicted octanol–water partition coefficient (Wildman–Crippen LogP) is 2.76. The van der Waals surface area contributed by atoms with Crippen LogP contribution in [-0.4, -0.2) is 48.1 Å². The van der Waals surface area contributed by atoms with E-state index in [1.54, 1.807) is 13.2 Å². The minimum Gasteiger partial charge on any atom is -0.443 e. The minimum absolute atomic E-state index is 0.0255. The van der Waals surface area contributed by atoms with Crippen molar-refractivity contribution in [2.45, 2.75) is 72.5 Å². The summed E-state index contributed by atoms with van der Waals surface area (Å²) in [5, 5.41) is 6.59. The van der Waals surface area contributed by atoms with Gasteiger partial charge in [-0.05, 0) is 27.7 Å². The van der Waals surface area contributed by atoms with Gasteiger partial charge < -0.3 is 15.1 Å². The normalized spacial score (nSPS) is 13.2. The molecule has 0 amide bonds. The van der Waals surface area contributed by atoms with Crippen molar-refractivity contribution < 1.29 is 4.42 Å². The Balaban J connectivity index is 2.44. The maximum Gasteiger partial charge on any atom is 0.213 e. The lowest BCUT2D eigenvalue weighted by Crippen LogP contribution is -2.45. The Bertz CT molecular complexity index is 506. The molecule has 0 spiro atoms. The molecule has 6 nitrogen and oxygen atoms in total. The van der Waals surface area contributed by atoms with Crippen LogP contribution in [-0.2, 0) is 12.0 Å². The lowest BCUT2D eigenvalue weighted by Gasteiger charge is -2.30. The minimum atomic E-state index is -0.0255. The molecule has 0 unspecified atom stereocenters. The molecule has 2 N–H and O–H groups in total. The highest BCUT2D eigenvalue weighted by Crippen LogP contribution is 2.22. The van der Waals surface area contributed by atoms with E-state index < -0.39 is 0 Å². The molecule has 0 saturated carbocycles. The molecule has 0 aliphatic rings. The fourth-order valence-corrected chi connectivity index (χ4v) is 2.53. The van der Waals surface area contributed by atoms with Crippen molar-refractivity contribution in [1.29, 1.82) is 0 Å². The molecular formula is C18H35N5O. The fraction of sp³-hybridized carbons (Fsp3) is 0.778. The fourth-order valence-electron chi connectivity index (χ4n) is 2.53. The van der Waals surface area contributed by atoms with Gasteiger partial charge in [-0.25, -0.2) is 4.98 Å². The Kier molecular flexibility index (Phi) is 7.73. The van der Waals surface area contributed by atoms with Crippen molar-refractivity contribution in [3.63, 3.8) is 0 Å². The number of hydrogen-bond acceptors (Lipinski definition) is 4. The van der Waals surface area contributed by atoms with Crippen molar-refractivity contribution >= 4 is 5.96 Å². The molecule has 0 radical (unpaired) electrons. The van der Waals surface area contributed by atoms with E-state index in [0.717, 1.165) is 24.8 Å². The molecule has 1 heterocycles. The van der Waals surface area contributed by atoms with Crippen LogP contribution in [0, 0.1) is 0 Å². The van der Waals surface area contributed by atoms with Crippen LogP contribution in [0.3, 0.4) is 0 Å². The van der Waals surface area contributed by atoms with Gasteiger partial charge in [-0.1, -0.05) is 20.8 Å². The van der Waals surface area contributed by atoms with Crippen LogP contribution in [0.4, 0.5) is 0 Å². The highest BCUT2D eigenvalue weighted by molar-refractivity contribution is 5.79. The lowest BCUT2D eigenvalue weighted by atomic mass is 9.94. The van der Waals surface area contributed by atoms with E-state index in [1.165, 1.54) is 0 Å². The molecule has 0 aromatic carbocycles. The Labute approximate surface area is 147 Å². The first-order valence-corrected chi connectivity index (χ1v) is 8.80. The first kappa shape index (κ1) is 20.5. The summed E-state index contributed by atoms with van der Waals surface area (Å²) in [7, 11) is 1.77. The largest absolute Gasteiger partial charge is 0.443 e. The molecule has 138 valence electrons. The standard InChI is InChI=1S/C18H35N5O/c1-13(2)23(14(3)4)10-9-20-17(19-8)22-12-16-21-11-15(24-16)18(5,6)7/h11,13-14H,9-10,12H2,1-8H3,(H2,19,20,22). The number of hydrogen-bond donors (Lipinski definition) is 2. The van der Waals surface area contributed by atoms with Crippen molar-refractivity contribution in [1.82, 2.24) is 20.5 Å². The molecule has 0 aliphatic heterocycles. The molecule has 1 aromatic rings. The van der Waals surface area contributed by atoms with E-state index in [4.69, 9.17) is 4.42 Å². The molecule has 0 atom stereocenters. The van der Waals surface area contributed by atoms with Gasteiger partial charge in [-0.2, -0.15) is 0 Å². The van der Waals surface area contributed by atoms with Crippen LogP contribution in [0.15, 0.2) is 15.6 Å². The highest BCUT2D eigenvalue weighted by atomic mass is 16.4. The number of nitrogens with zero attached hydrogens (tertiary/aromatic N) is 3. The van der Waals surface area contributed by atoms with Crippen LogP contribution in [0.25, 0.3) is 0 Å². The summed E-state index contributed by atoms with van der Waals surface area (Å²) in [6, 6.07) is 1.06. The van der Waals surface area contributed by atoms with Crippen LogP contribution in [0.1, 0.15) is 60.1 Å². The zero-order valence-corrected chi connectivity index (χ0v) is 16.6. The zero-order valence-electron chi connectivity index (χ0n) is 16.6. The Hall–Kier alpha value is -1.56. The first-order chi connectivity index (χ1) is 11.1. The van der Waals surface area contributed by atoms with E-state index in [0.29, 0.717) is 24.5 Å². The number of guanidine groups is 1. The van der Waals surface area contributed by atoms with E-state index >= 15 is 0 Å². The van der Waals surface area contributed by atoms with Crippen LogP contribution in [0.2, 0.25) is 0 Å². The number of rotatable bonds is 7. The van der Waals surface area contributed by atoms with Crippen molar-refractivity contribution in [2.75, 3.05) is 20.1 Å². The van der Waals surface area contributed by atoms with Crippen LogP contribution in [0.5, 0.6) is 0 Å². The van der Waals surface area contributed by atoms with E-state index in [-0.39, 0.29) is 5.41 Å². The molecule has 6 heteroatoms. The summed E-state index contributed by atoms with van der Waals surface area (Å²) < 4.78 is 5.78. The second-order valence-electron chi connectivity index (χ2n) is 7.65. The summed E-state index contributed by atoms with van der Waals surface area (Å²) in [5.74, 6) is 2.33. The van der Waals surface area contributed by atoms with Crippen LogP contribution < -0.4 is 10.6 Å². The van der Waals surface area contributed by atoms with Crippen LogP contribution >= 0.6 is 0 Å². The third kappa shape index (κ3) is 6.51. The first-order valence-electron chi connectivity index (χ1n) is 8.80. The van der Waals surface area contributed by atoms with Gasteiger partial charge in [0.15, 0.2) is 5.96 Å². The molecule has 0 bridgehead atoms. The van der Waals surface area contributed by atoms with Gasteiger partial charge in [0, 0.05) is 37.6 Å². The molecule has 1 aromatic heterocycles. The van der Waals surface area contributed by atoms with Gasteiger partial charge in [-0.3, -0.25) is 9.89 Å². The smallest absolute Gasteiger partial charge is 0.213 e. The van der Waals surface area contributed by atoms with Crippen molar-refractivity contribution in [3.05, 3.63) is 17.8 Å². The Morgan fingerprint density at radius 1 is 1.21 bits per heavy atom. The third-order valence-corrected chi connectivity index (χ3v) is 3.91. The lowest BCUT2D eigenvalue weighted by molar-refractivity contribution is 0.178. The molecule has 0 saturated heterocycles. The molecule has 1 rings (SSSR count). The average Bonchev–Trinajstić information content (AvgIpc) is 2.94. The zero-order chi connectivity index (χ0) is 18.3. The Morgan fingerprint density at radius 3 is 2.29 bits per heavy atom. The molecule has 0 fully saturated rings. The number of aromatic nitrogens is 1. The summed E-state index contributed by atoms with van der Waals surface area (Å²) in [6.07, 6.45) is 1.80. The van der Waals surface area contributed by atoms with Gasteiger partial charge in [0.2, 0.25) is 5.89 Å². The van der Waals surface area contributed by atoms with Gasteiger partial charge in [0.25, 0.3) is 0 Å². The van der Waals surface area contributed by atoms with Gasteiger partial charge in [-0.15, -0.1) is 0 Å². The monoisotopic (exact) mass is 337 g/mol. The number of nitrogens with one attached hydrogen (secondary N) is 2. The summed E-state index contributed by atoms with van der Waals surface area (Å²) >= 11 is 0.